The highest BCUT2D eigenvalue weighted by Crippen LogP contribution is 2.31. The van der Waals surface area contributed by atoms with E-state index in [4.69, 9.17) is 0 Å². The molecule has 110 valence electrons. The molecule has 2 aliphatic heterocycles. The molecule has 3 rings (SSSR count). The summed E-state index contributed by atoms with van der Waals surface area (Å²) in [6.45, 7) is 5.03. The van der Waals surface area contributed by atoms with Crippen molar-refractivity contribution in [3.63, 3.8) is 0 Å². The Balaban J connectivity index is 1.85. The zero-order chi connectivity index (χ0) is 13.8. The minimum absolute atomic E-state index is 0.494. The highest BCUT2D eigenvalue weighted by molar-refractivity contribution is 9.10. The summed E-state index contributed by atoms with van der Waals surface area (Å²) < 4.78 is 1.20. The maximum atomic E-state index is 3.64. The van der Waals surface area contributed by atoms with E-state index in [2.05, 4.69) is 50.0 Å². The van der Waals surface area contributed by atoms with Crippen molar-refractivity contribution in [2.45, 2.75) is 44.7 Å². The number of hydrogen-bond acceptors (Lipinski definition) is 2. The SMILES string of the molecule is Brc1cccc(C(N2CCCCC2)N2CCCCC2)c1. The summed E-state index contributed by atoms with van der Waals surface area (Å²) in [7, 11) is 0. The lowest BCUT2D eigenvalue weighted by atomic mass is 10.0. The van der Waals surface area contributed by atoms with Gasteiger partial charge in [-0.1, -0.05) is 40.9 Å². The summed E-state index contributed by atoms with van der Waals surface area (Å²) >= 11 is 3.64. The molecule has 0 spiro atoms. The average Bonchev–Trinajstić information content (AvgIpc) is 2.50. The Morgan fingerprint density at radius 2 is 1.35 bits per heavy atom. The van der Waals surface area contributed by atoms with E-state index >= 15 is 0 Å². The van der Waals surface area contributed by atoms with Gasteiger partial charge >= 0.3 is 0 Å². The molecule has 2 heterocycles. The van der Waals surface area contributed by atoms with Crippen LogP contribution in [-0.4, -0.2) is 36.0 Å². The van der Waals surface area contributed by atoms with E-state index in [1.807, 2.05) is 0 Å². The Bertz CT molecular complexity index is 405. The molecule has 1 aromatic carbocycles. The Hall–Kier alpha value is -0.380. The number of likely N-dealkylation sites (tertiary alicyclic amines) is 2. The summed E-state index contributed by atoms with van der Waals surface area (Å²) in [5, 5.41) is 0. The molecule has 2 fully saturated rings. The minimum Gasteiger partial charge on any atom is -0.284 e. The molecule has 0 N–H and O–H groups in total. The third kappa shape index (κ3) is 3.44. The standard InChI is InChI=1S/C17H25BrN2/c18-16-9-7-8-15(14-16)17(19-10-3-1-4-11-19)20-12-5-2-6-13-20/h7-9,14,17H,1-6,10-13H2. The van der Waals surface area contributed by atoms with Gasteiger partial charge in [0, 0.05) is 4.47 Å². The van der Waals surface area contributed by atoms with Crippen molar-refractivity contribution in [2.75, 3.05) is 26.2 Å². The monoisotopic (exact) mass is 336 g/mol. The smallest absolute Gasteiger partial charge is 0.0886 e. The summed E-state index contributed by atoms with van der Waals surface area (Å²) in [6, 6.07) is 8.93. The van der Waals surface area contributed by atoms with E-state index in [1.54, 1.807) is 0 Å². The van der Waals surface area contributed by atoms with Crippen LogP contribution in [0.1, 0.15) is 50.3 Å². The van der Waals surface area contributed by atoms with Gasteiger partial charge in [-0.05, 0) is 69.6 Å². The molecule has 0 bridgehead atoms. The van der Waals surface area contributed by atoms with Crippen LogP contribution in [0, 0.1) is 0 Å². The van der Waals surface area contributed by atoms with E-state index < -0.39 is 0 Å². The van der Waals surface area contributed by atoms with Crippen LogP contribution in [0.5, 0.6) is 0 Å². The molecule has 0 saturated carbocycles. The third-order valence-corrected chi connectivity index (χ3v) is 5.11. The first kappa shape index (κ1) is 14.6. The first-order valence-electron chi connectivity index (χ1n) is 8.08. The molecule has 2 aliphatic rings. The molecule has 0 radical (unpaired) electrons. The zero-order valence-electron chi connectivity index (χ0n) is 12.2. The molecule has 0 aromatic heterocycles. The first-order chi connectivity index (χ1) is 9.84. The number of benzene rings is 1. The van der Waals surface area contributed by atoms with E-state index in [0.29, 0.717) is 6.17 Å². The van der Waals surface area contributed by atoms with Crippen molar-refractivity contribution in [2.24, 2.45) is 0 Å². The van der Waals surface area contributed by atoms with E-state index in [9.17, 15) is 0 Å². The molecule has 1 aromatic rings. The van der Waals surface area contributed by atoms with E-state index in [1.165, 1.54) is 74.7 Å². The van der Waals surface area contributed by atoms with Gasteiger partial charge in [-0.3, -0.25) is 9.80 Å². The van der Waals surface area contributed by atoms with Gasteiger partial charge in [0.15, 0.2) is 0 Å². The summed E-state index contributed by atoms with van der Waals surface area (Å²) in [6.07, 6.45) is 8.74. The zero-order valence-corrected chi connectivity index (χ0v) is 13.8. The second-order valence-corrected chi connectivity index (χ2v) is 7.04. The van der Waals surface area contributed by atoms with Gasteiger partial charge in [0.05, 0.1) is 6.17 Å². The van der Waals surface area contributed by atoms with E-state index in [0.717, 1.165) is 0 Å². The van der Waals surface area contributed by atoms with Crippen molar-refractivity contribution in [1.82, 2.24) is 9.80 Å². The van der Waals surface area contributed by atoms with Gasteiger partial charge < -0.3 is 0 Å². The predicted molar refractivity (Wildman–Crippen MR) is 87.7 cm³/mol. The highest BCUT2D eigenvalue weighted by Gasteiger charge is 2.28. The van der Waals surface area contributed by atoms with Gasteiger partial charge in [0.1, 0.15) is 0 Å². The maximum absolute atomic E-state index is 3.64. The molecule has 3 heteroatoms. The summed E-state index contributed by atoms with van der Waals surface area (Å²) in [4.78, 5) is 5.41. The lowest BCUT2D eigenvalue weighted by Gasteiger charge is -2.43. The molecule has 2 saturated heterocycles. The van der Waals surface area contributed by atoms with Crippen LogP contribution in [0.4, 0.5) is 0 Å². The second-order valence-electron chi connectivity index (χ2n) is 6.12. The number of hydrogen-bond donors (Lipinski definition) is 0. The molecular weight excluding hydrogens is 312 g/mol. The molecule has 20 heavy (non-hydrogen) atoms. The average molecular weight is 337 g/mol. The Morgan fingerprint density at radius 3 is 1.85 bits per heavy atom. The van der Waals surface area contributed by atoms with E-state index in [-0.39, 0.29) is 0 Å². The molecule has 0 amide bonds. The number of rotatable bonds is 3. The summed E-state index contributed by atoms with van der Waals surface area (Å²) in [5.74, 6) is 0. The number of halogens is 1. The molecule has 0 aliphatic carbocycles. The van der Waals surface area contributed by atoms with Crippen molar-refractivity contribution in [1.29, 1.82) is 0 Å². The van der Waals surface area contributed by atoms with Crippen LogP contribution in [0.25, 0.3) is 0 Å². The van der Waals surface area contributed by atoms with Gasteiger partial charge in [-0.15, -0.1) is 0 Å². The highest BCUT2D eigenvalue weighted by atomic mass is 79.9. The van der Waals surface area contributed by atoms with Crippen LogP contribution < -0.4 is 0 Å². The van der Waals surface area contributed by atoms with Crippen molar-refractivity contribution >= 4 is 15.9 Å². The normalized spacial score (nSPS) is 22.3. The molecule has 2 nitrogen and oxygen atoms in total. The van der Waals surface area contributed by atoms with Gasteiger partial charge in [-0.25, -0.2) is 0 Å². The van der Waals surface area contributed by atoms with Crippen LogP contribution in [0.2, 0.25) is 0 Å². The van der Waals surface area contributed by atoms with Crippen molar-refractivity contribution in [3.05, 3.63) is 34.3 Å². The van der Waals surface area contributed by atoms with Crippen molar-refractivity contribution < 1.29 is 0 Å². The lowest BCUT2D eigenvalue weighted by molar-refractivity contribution is 0.0156. The Labute approximate surface area is 131 Å². The number of nitrogens with zero attached hydrogens (tertiary/aromatic N) is 2. The topological polar surface area (TPSA) is 6.48 Å². The minimum atomic E-state index is 0.494. The van der Waals surface area contributed by atoms with Crippen LogP contribution in [0.3, 0.4) is 0 Å². The molecule has 0 unspecified atom stereocenters. The fourth-order valence-electron chi connectivity index (χ4n) is 3.65. The predicted octanol–water partition coefficient (Wildman–Crippen LogP) is 4.42. The number of piperidine rings is 2. The molecule has 0 atom stereocenters. The molecular formula is C17H25BrN2. The third-order valence-electron chi connectivity index (χ3n) is 4.62. The van der Waals surface area contributed by atoms with Gasteiger partial charge in [0.2, 0.25) is 0 Å². The fraction of sp³-hybridized carbons (Fsp3) is 0.647. The lowest BCUT2D eigenvalue weighted by Crippen LogP contribution is -2.45. The van der Waals surface area contributed by atoms with Crippen LogP contribution >= 0.6 is 15.9 Å². The van der Waals surface area contributed by atoms with Gasteiger partial charge in [-0.2, -0.15) is 0 Å². The van der Waals surface area contributed by atoms with Crippen LogP contribution in [-0.2, 0) is 0 Å². The largest absolute Gasteiger partial charge is 0.284 e. The van der Waals surface area contributed by atoms with Gasteiger partial charge in [0.25, 0.3) is 0 Å². The maximum Gasteiger partial charge on any atom is 0.0886 e. The fourth-order valence-corrected chi connectivity index (χ4v) is 4.06. The van der Waals surface area contributed by atoms with Crippen LogP contribution in [0.15, 0.2) is 28.7 Å². The van der Waals surface area contributed by atoms with Crippen molar-refractivity contribution in [3.8, 4) is 0 Å². The Morgan fingerprint density at radius 1 is 0.800 bits per heavy atom. The second kappa shape index (κ2) is 7.06. The summed E-state index contributed by atoms with van der Waals surface area (Å²) in [5.41, 5.74) is 1.46. The quantitative estimate of drug-likeness (QED) is 0.806. The first-order valence-corrected chi connectivity index (χ1v) is 8.87. The Kier molecular flexibility index (Phi) is 5.14.